The first-order valence-corrected chi connectivity index (χ1v) is 8.58. The molecule has 0 saturated carbocycles. The van der Waals surface area contributed by atoms with E-state index in [9.17, 15) is 9.59 Å². The van der Waals surface area contributed by atoms with Gasteiger partial charge in [-0.1, -0.05) is 42.0 Å². The number of aryl methyl sites for hydroxylation is 2. The molecular formula is C21H23N3O2. The first kappa shape index (κ1) is 17.7. The summed E-state index contributed by atoms with van der Waals surface area (Å²) in [6.07, 6.45) is 0.243. The summed E-state index contributed by atoms with van der Waals surface area (Å²) in [6, 6.07) is 15.4. The van der Waals surface area contributed by atoms with E-state index in [0.29, 0.717) is 11.4 Å². The van der Waals surface area contributed by atoms with E-state index in [-0.39, 0.29) is 17.9 Å². The molecule has 3 rings (SSSR count). The van der Waals surface area contributed by atoms with Gasteiger partial charge in [-0.2, -0.15) is 0 Å². The third kappa shape index (κ3) is 3.33. The summed E-state index contributed by atoms with van der Waals surface area (Å²) in [4.78, 5) is 25.4. The lowest BCUT2D eigenvalue weighted by Crippen LogP contribution is -2.23. The van der Waals surface area contributed by atoms with Crippen LogP contribution in [0.3, 0.4) is 0 Å². The highest BCUT2D eigenvalue weighted by Crippen LogP contribution is 2.16. The Morgan fingerprint density at radius 3 is 2.42 bits per heavy atom. The molecule has 0 spiro atoms. The third-order valence-electron chi connectivity index (χ3n) is 4.67. The molecule has 26 heavy (non-hydrogen) atoms. The molecule has 0 aliphatic carbocycles. The number of carbonyl (C=O) groups excluding carboxylic acids is 1. The van der Waals surface area contributed by atoms with Crippen LogP contribution >= 0.6 is 0 Å². The van der Waals surface area contributed by atoms with E-state index >= 15 is 0 Å². The lowest BCUT2D eigenvalue weighted by molar-refractivity contribution is -0.115. The fourth-order valence-electron chi connectivity index (χ4n) is 3.06. The van der Waals surface area contributed by atoms with Crippen molar-refractivity contribution in [2.24, 2.45) is 7.05 Å². The lowest BCUT2D eigenvalue weighted by atomic mass is 10.0. The summed E-state index contributed by atoms with van der Waals surface area (Å²) >= 11 is 0. The van der Waals surface area contributed by atoms with Gasteiger partial charge in [-0.3, -0.25) is 14.3 Å². The van der Waals surface area contributed by atoms with Crippen LogP contribution in [0.2, 0.25) is 0 Å². The van der Waals surface area contributed by atoms with E-state index in [1.165, 1.54) is 0 Å². The van der Waals surface area contributed by atoms with Crippen molar-refractivity contribution in [3.05, 3.63) is 81.3 Å². The zero-order chi connectivity index (χ0) is 18.8. The molecule has 0 aliphatic rings. The summed E-state index contributed by atoms with van der Waals surface area (Å²) < 4.78 is 3.31. The van der Waals surface area contributed by atoms with Gasteiger partial charge in [0.15, 0.2) is 0 Å². The summed E-state index contributed by atoms with van der Waals surface area (Å²) in [5.74, 6) is -0.190. The smallest absolute Gasteiger partial charge is 0.295 e. The van der Waals surface area contributed by atoms with Crippen molar-refractivity contribution < 1.29 is 4.79 Å². The molecule has 0 saturated heterocycles. The number of para-hydroxylation sites is 1. The minimum absolute atomic E-state index is 0.190. The van der Waals surface area contributed by atoms with Gasteiger partial charge in [0, 0.05) is 7.05 Å². The number of hydrogen-bond donors (Lipinski definition) is 1. The molecule has 5 nitrogen and oxygen atoms in total. The van der Waals surface area contributed by atoms with Crippen LogP contribution in [-0.4, -0.2) is 15.3 Å². The largest absolute Gasteiger partial charge is 0.320 e. The monoisotopic (exact) mass is 349 g/mol. The molecule has 1 amide bonds. The van der Waals surface area contributed by atoms with Crippen LogP contribution in [0.4, 0.5) is 5.69 Å². The van der Waals surface area contributed by atoms with Crippen molar-refractivity contribution in [3.63, 3.8) is 0 Å². The second kappa shape index (κ2) is 7.04. The molecule has 5 heteroatoms. The molecule has 1 heterocycles. The highest BCUT2D eigenvalue weighted by molar-refractivity contribution is 5.92. The average molecular weight is 349 g/mol. The van der Waals surface area contributed by atoms with E-state index in [4.69, 9.17) is 0 Å². The summed E-state index contributed by atoms with van der Waals surface area (Å²) in [5.41, 5.74) is 4.72. The molecule has 0 aliphatic heterocycles. The molecule has 2 aromatic carbocycles. The van der Waals surface area contributed by atoms with Crippen LogP contribution in [0.5, 0.6) is 0 Å². The maximum atomic E-state index is 12.8. The zero-order valence-electron chi connectivity index (χ0n) is 15.5. The first-order valence-electron chi connectivity index (χ1n) is 8.58. The van der Waals surface area contributed by atoms with Crippen LogP contribution < -0.4 is 10.9 Å². The molecule has 0 bridgehead atoms. The van der Waals surface area contributed by atoms with Gasteiger partial charge in [0.05, 0.1) is 17.8 Å². The predicted octanol–water partition coefficient (Wildman–Crippen LogP) is 3.28. The molecule has 134 valence electrons. The number of anilines is 1. The van der Waals surface area contributed by atoms with E-state index in [1.807, 2.05) is 76.3 Å². The Hall–Kier alpha value is -3.08. The van der Waals surface area contributed by atoms with E-state index < -0.39 is 0 Å². The third-order valence-corrected chi connectivity index (χ3v) is 4.67. The number of benzene rings is 2. The van der Waals surface area contributed by atoms with Crippen molar-refractivity contribution in [2.75, 3.05) is 5.32 Å². The second-order valence-corrected chi connectivity index (χ2v) is 6.59. The predicted molar refractivity (Wildman–Crippen MR) is 104 cm³/mol. The maximum absolute atomic E-state index is 12.8. The Labute approximate surface area is 152 Å². The van der Waals surface area contributed by atoms with Crippen molar-refractivity contribution in [2.45, 2.75) is 27.2 Å². The number of nitrogens with zero attached hydrogens (tertiary/aromatic N) is 2. The minimum Gasteiger partial charge on any atom is -0.320 e. The molecular weight excluding hydrogens is 326 g/mol. The standard InChI is InChI=1S/C21H23N3O2/c1-14-10-11-15(2)17(12-14)13-19(25)22-20-16(3)23(4)24(21(20)26)18-8-6-5-7-9-18/h5-12H,13H2,1-4H3,(H,22,25). The van der Waals surface area contributed by atoms with Crippen molar-refractivity contribution in [1.82, 2.24) is 9.36 Å². The van der Waals surface area contributed by atoms with E-state index in [1.54, 1.807) is 9.36 Å². The normalized spacial score (nSPS) is 10.8. The molecule has 0 fully saturated rings. The summed E-state index contributed by atoms with van der Waals surface area (Å²) in [5, 5.41) is 2.81. The van der Waals surface area contributed by atoms with E-state index in [0.717, 1.165) is 22.4 Å². The van der Waals surface area contributed by atoms with Crippen LogP contribution in [0, 0.1) is 20.8 Å². The lowest BCUT2D eigenvalue weighted by Gasteiger charge is -2.08. The van der Waals surface area contributed by atoms with Crippen molar-refractivity contribution >= 4 is 11.6 Å². The van der Waals surface area contributed by atoms with Gasteiger partial charge in [0.1, 0.15) is 5.69 Å². The Morgan fingerprint density at radius 2 is 1.73 bits per heavy atom. The Balaban J connectivity index is 1.90. The number of hydrogen-bond acceptors (Lipinski definition) is 2. The van der Waals surface area contributed by atoms with Crippen molar-refractivity contribution in [3.8, 4) is 5.69 Å². The fourth-order valence-corrected chi connectivity index (χ4v) is 3.06. The number of aromatic nitrogens is 2. The zero-order valence-corrected chi connectivity index (χ0v) is 15.5. The van der Waals surface area contributed by atoms with Gasteiger partial charge in [0.25, 0.3) is 5.56 Å². The molecule has 1 N–H and O–H groups in total. The van der Waals surface area contributed by atoms with Gasteiger partial charge in [0.2, 0.25) is 5.91 Å². The van der Waals surface area contributed by atoms with E-state index in [2.05, 4.69) is 5.32 Å². The maximum Gasteiger partial charge on any atom is 0.295 e. The van der Waals surface area contributed by atoms with Crippen LogP contribution in [0.15, 0.2) is 53.3 Å². The SMILES string of the molecule is Cc1ccc(C)c(CC(=O)Nc2c(C)n(C)n(-c3ccccc3)c2=O)c1. The average Bonchev–Trinajstić information content (AvgIpc) is 2.82. The molecule has 3 aromatic rings. The highest BCUT2D eigenvalue weighted by Gasteiger charge is 2.18. The number of nitrogens with one attached hydrogen (secondary N) is 1. The van der Waals surface area contributed by atoms with Crippen LogP contribution in [0.1, 0.15) is 22.4 Å². The van der Waals surface area contributed by atoms with Crippen molar-refractivity contribution in [1.29, 1.82) is 0 Å². The molecule has 0 radical (unpaired) electrons. The first-order chi connectivity index (χ1) is 12.4. The number of rotatable bonds is 4. The van der Waals surface area contributed by atoms with Gasteiger partial charge < -0.3 is 5.32 Å². The van der Waals surface area contributed by atoms with Gasteiger partial charge >= 0.3 is 0 Å². The number of carbonyl (C=O) groups is 1. The fraction of sp³-hybridized carbons (Fsp3) is 0.238. The highest BCUT2D eigenvalue weighted by atomic mass is 16.2. The summed E-state index contributed by atoms with van der Waals surface area (Å²) in [6.45, 7) is 5.81. The Bertz CT molecular complexity index is 1010. The van der Waals surface area contributed by atoms with Crippen LogP contribution in [0.25, 0.3) is 5.69 Å². The second-order valence-electron chi connectivity index (χ2n) is 6.59. The quantitative estimate of drug-likeness (QED) is 0.786. The molecule has 0 unspecified atom stereocenters. The van der Waals surface area contributed by atoms with Gasteiger partial charge in [-0.25, -0.2) is 4.68 Å². The van der Waals surface area contributed by atoms with Gasteiger partial charge in [-0.05, 0) is 44.0 Å². The summed E-state index contributed by atoms with van der Waals surface area (Å²) in [7, 11) is 1.81. The minimum atomic E-state index is -0.231. The Kier molecular flexibility index (Phi) is 4.80. The van der Waals surface area contributed by atoms with Gasteiger partial charge in [-0.15, -0.1) is 0 Å². The molecule has 1 aromatic heterocycles. The molecule has 0 atom stereocenters. The topological polar surface area (TPSA) is 56.0 Å². The van der Waals surface area contributed by atoms with Crippen LogP contribution in [-0.2, 0) is 18.3 Å². The number of amides is 1. The Morgan fingerprint density at radius 1 is 1.04 bits per heavy atom.